The van der Waals surface area contributed by atoms with Crippen molar-refractivity contribution in [2.75, 3.05) is 6.54 Å². The van der Waals surface area contributed by atoms with E-state index < -0.39 is 0 Å². The summed E-state index contributed by atoms with van der Waals surface area (Å²) in [5.74, 6) is -0.134. The molecule has 2 aliphatic heterocycles. The van der Waals surface area contributed by atoms with Crippen LogP contribution in [0, 0.1) is 0 Å². The van der Waals surface area contributed by atoms with E-state index in [0.717, 1.165) is 22.4 Å². The van der Waals surface area contributed by atoms with Crippen LogP contribution in [0.15, 0.2) is 57.8 Å². The number of nitrogens with zero attached hydrogens (tertiary/aromatic N) is 1. The number of allylic oxidation sites excluding steroid dienone is 5. The molecule has 1 atom stereocenters. The first-order chi connectivity index (χ1) is 10.3. The van der Waals surface area contributed by atoms with Crippen LogP contribution in [-0.4, -0.2) is 12.3 Å². The number of nitrogens with two attached hydrogens (primary N) is 1. The van der Waals surface area contributed by atoms with Gasteiger partial charge in [0.15, 0.2) is 0 Å². The Kier molecular flexibility index (Phi) is 3.06. The third kappa shape index (κ3) is 2.09. The van der Waals surface area contributed by atoms with Gasteiger partial charge in [-0.3, -0.25) is 9.71 Å². The van der Waals surface area contributed by atoms with E-state index in [1.165, 1.54) is 16.5 Å². The fourth-order valence-electron chi connectivity index (χ4n) is 2.84. The minimum Gasteiger partial charge on any atom is -0.329 e. The smallest absolute Gasteiger partial charge is 0.106 e. The Hall–Kier alpha value is -1.69. The molecule has 0 amide bonds. The second-order valence-electron chi connectivity index (χ2n) is 5.25. The molecule has 0 bridgehead atoms. The van der Waals surface area contributed by atoms with E-state index in [9.17, 15) is 4.39 Å². The van der Waals surface area contributed by atoms with Crippen LogP contribution >= 0.6 is 11.9 Å². The lowest BCUT2D eigenvalue weighted by molar-refractivity contribution is 0.623. The van der Waals surface area contributed by atoms with Gasteiger partial charge in [0.1, 0.15) is 5.83 Å². The third-order valence-electron chi connectivity index (χ3n) is 3.96. The van der Waals surface area contributed by atoms with Gasteiger partial charge in [-0.15, -0.1) is 0 Å². The van der Waals surface area contributed by atoms with Gasteiger partial charge in [0.05, 0.1) is 11.8 Å². The van der Waals surface area contributed by atoms with Gasteiger partial charge in [0.2, 0.25) is 0 Å². The number of rotatable bonds is 2. The molecule has 3 nitrogen and oxygen atoms in total. The van der Waals surface area contributed by atoms with Crippen molar-refractivity contribution in [1.29, 1.82) is 0 Å². The molecule has 5 heteroatoms. The van der Waals surface area contributed by atoms with E-state index in [-0.39, 0.29) is 11.9 Å². The summed E-state index contributed by atoms with van der Waals surface area (Å²) < 4.78 is 16.6. The first-order valence-corrected chi connectivity index (χ1v) is 7.68. The van der Waals surface area contributed by atoms with Crippen LogP contribution in [0.1, 0.15) is 23.6 Å². The summed E-state index contributed by atoms with van der Waals surface area (Å²) in [4.78, 5) is 5.58. The Morgan fingerprint density at radius 3 is 3.10 bits per heavy atom. The lowest BCUT2D eigenvalue weighted by atomic mass is 9.91. The van der Waals surface area contributed by atoms with Crippen molar-refractivity contribution in [1.82, 2.24) is 4.72 Å². The summed E-state index contributed by atoms with van der Waals surface area (Å²) in [5, 5.41) is 0. The van der Waals surface area contributed by atoms with E-state index in [4.69, 9.17) is 5.73 Å². The molecule has 0 fully saturated rings. The van der Waals surface area contributed by atoms with Crippen molar-refractivity contribution in [2.24, 2.45) is 10.7 Å². The molecule has 2 heterocycles. The molecule has 1 aliphatic carbocycles. The number of hydrogen-bond donors (Lipinski definition) is 2. The predicted octanol–water partition coefficient (Wildman–Crippen LogP) is 3.28. The fourth-order valence-corrected chi connectivity index (χ4v) is 3.79. The van der Waals surface area contributed by atoms with E-state index in [2.05, 4.69) is 27.9 Å². The molecule has 0 saturated carbocycles. The van der Waals surface area contributed by atoms with Crippen molar-refractivity contribution >= 4 is 23.2 Å². The van der Waals surface area contributed by atoms with Gasteiger partial charge in [0.25, 0.3) is 0 Å². The summed E-state index contributed by atoms with van der Waals surface area (Å²) in [6, 6.07) is 6.55. The van der Waals surface area contributed by atoms with E-state index in [1.807, 2.05) is 12.3 Å². The van der Waals surface area contributed by atoms with Gasteiger partial charge in [-0.25, -0.2) is 4.39 Å². The van der Waals surface area contributed by atoms with Crippen LogP contribution in [0.5, 0.6) is 0 Å². The highest BCUT2D eigenvalue weighted by Gasteiger charge is 2.26. The van der Waals surface area contributed by atoms with Gasteiger partial charge in [0, 0.05) is 35.2 Å². The Morgan fingerprint density at radius 1 is 1.33 bits per heavy atom. The monoisotopic (exact) mass is 299 g/mol. The SMILES string of the molecule is NCC1NSc2ccc(C3=CN=C4CC(F)=CC=C34)cc21. The zero-order valence-electron chi connectivity index (χ0n) is 11.3. The molecule has 0 spiro atoms. The minimum atomic E-state index is -0.134. The number of halogens is 1. The lowest BCUT2D eigenvalue weighted by Crippen LogP contribution is -2.18. The maximum Gasteiger partial charge on any atom is 0.106 e. The summed E-state index contributed by atoms with van der Waals surface area (Å²) in [7, 11) is 0. The molecular weight excluding hydrogens is 285 g/mol. The summed E-state index contributed by atoms with van der Waals surface area (Å²) >= 11 is 1.62. The Morgan fingerprint density at radius 2 is 2.24 bits per heavy atom. The van der Waals surface area contributed by atoms with Crippen LogP contribution < -0.4 is 10.5 Å². The first kappa shape index (κ1) is 13.0. The number of fused-ring (bicyclic) bond motifs is 2. The highest BCUT2D eigenvalue weighted by molar-refractivity contribution is 7.97. The summed E-state index contributed by atoms with van der Waals surface area (Å²) in [6.07, 6.45) is 5.47. The topological polar surface area (TPSA) is 50.4 Å². The van der Waals surface area contributed by atoms with Gasteiger partial charge >= 0.3 is 0 Å². The molecular formula is C16H14FN3S. The normalized spacial score (nSPS) is 23.0. The van der Waals surface area contributed by atoms with Crippen molar-refractivity contribution in [3.63, 3.8) is 0 Å². The van der Waals surface area contributed by atoms with Crippen molar-refractivity contribution < 1.29 is 4.39 Å². The fraction of sp³-hybridized carbons (Fsp3) is 0.188. The summed E-state index contributed by atoms with van der Waals surface area (Å²) in [5.41, 5.74) is 11.0. The highest BCUT2D eigenvalue weighted by Crippen LogP contribution is 2.39. The second-order valence-corrected chi connectivity index (χ2v) is 6.13. The molecule has 0 radical (unpaired) electrons. The molecule has 4 rings (SSSR count). The first-order valence-electron chi connectivity index (χ1n) is 6.87. The molecule has 3 aliphatic rings. The maximum atomic E-state index is 13.3. The van der Waals surface area contributed by atoms with E-state index >= 15 is 0 Å². The van der Waals surface area contributed by atoms with Crippen molar-refractivity contribution in [3.8, 4) is 0 Å². The number of benzene rings is 1. The van der Waals surface area contributed by atoms with Crippen LogP contribution in [0.25, 0.3) is 5.57 Å². The average Bonchev–Trinajstić information content (AvgIpc) is 3.09. The molecule has 0 aromatic heterocycles. The van der Waals surface area contributed by atoms with Gasteiger partial charge in [-0.05, 0) is 47.4 Å². The third-order valence-corrected chi connectivity index (χ3v) is 4.95. The maximum absolute atomic E-state index is 13.3. The van der Waals surface area contributed by atoms with E-state index in [0.29, 0.717) is 13.0 Å². The zero-order valence-corrected chi connectivity index (χ0v) is 12.1. The standard InChI is InChI=1S/C16H14FN3S/c17-10-2-3-11-13(8-19-14(11)6-10)9-1-4-16-12(5-9)15(7-18)20-21-16/h1-5,8,15,20H,6-7,18H2. The molecule has 1 unspecified atom stereocenters. The predicted molar refractivity (Wildman–Crippen MR) is 84.5 cm³/mol. The Bertz CT molecular complexity index is 746. The Balaban J connectivity index is 1.73. The van der Waals surface area contributed by atoms with Gasteiger partial charge in [-0.2, -0.15) is 0 Å². The zero-order chi connectivity index (χ0) is 14.4. The molecule has 106 valence electrons. The van der Waals surface area contributed by atoms with Crippen molar-refractivity contribution in [3.05, 3.63) is 59.1 Å². The minimum absolute atomic E-state index is 0.134. The number of aliphatic imine (C=N–C) groups is 1. The number of nitrogens with one attached hydrogen (secondary N) is 1. The van der Waals surface area contributed by atoms with Crippen LogP contribution in [0.4, 0.5) is 4.39 Å². The molecule has 0 saturated heterocycles. The molecule has 21 heavy (non-hydrogen) atoms. The highest BCUT2D eigenvalue weighted by atomic mass is 32.2. The van der Waals surface area contributed by atoms with Crippen molar-refractivity contribution in [2.45, 2.75) is 17.4 Å². The van der Waals surface area contributed by atoms with Gasteiger partial charge in [-0.1, -0.05) is 6.07 Å². The molecule has 1 aromatic carbocycles. The second kappa shape index (κ2) is 4.94. The lowest BCUT2D eigenvalue weighted by Gasteiger charge is -2.13. The number of hydrogen-bond acceptors (Lipinski definition) is 4. The summed E-state index contributed by atoms with van der Waals surface area (Å²) in [6.45, 7) is 0.570. The largest absolute Gasteiger partial charge is 0.329 e. The van der Waals surface area contributed by atoms with Crippen LogP contribution in [-0.2, 0) is 0 Å². The quantitative estimate of drug-likeness (QED) is 0.824. The Labute approximate surface area is 126 Å². The van der Waals surface area contributed by atoms with Crippen LogP contribution in [0.3, 0.4) is 0 Å². The average molecular weight is 299 g/mol. The molecule has 3 N–H and O–H groups in total. The van der Waals surface area contributed by atoms with Gasteiger partial charge < -0.3 is 5.73 Å². The molecule has 1 aromatic rings. The van der Waals surface area contributed by atoms with E-state index in [1.54, 1.807) is 11.9 Å². The van der Waals surface area contributed by atoms with Crippen LogP contribution in [0.2, 0.25) is 0 Å².